The SMILES string of the molecule is CCN(CCCC(=O)Nc1ccccc1N)OC. The Balaban J connectivity index is 2.32. The van der Waals surface area contributed by atoms with Gasteiger partial charge in [0.05, 0.1) is 18.5 Å². The lowest BCUT2D eigenvalue weighted by atomic mass is 10.2. The molecule has 0 radical (unpaired) electrons. The number of benzene rings is 1. The molecule has 0 heterocycles. The monoisotopic (exact) mass is 251 g/mol. The summed E-state index contributed by atoms with van der Waals surface area (Å²) in [6, 6.07) is 7.23. The molecule has 5 heteroatoms. The lowest BCUT2D eigenvalue weighted by molar-refractivity contribution is -0.130. The van der Waals surface area contributed by atoms with Crippen molar-refractivity contribution < 1.29 is 9.63 Å². The van der Waals surface area contributed by atoms with Crippen molar-refractivity contribution in [1.29, 1.82) is 0 Å². The van der Waals surface area contributed by atoms with Crippen molar-refractivity contribution >= 4 is 17.3 Å². The predicted octanol–water partition coefficient (Wildman–Crippen LogP) is 1.87. The molecule has 0 atom stereocenters. The molecule has 3 N–H and O–H groups in total. The van der Waals surface area contributed by atoms with Crippen molar-refractivity contribution in [2.24, 2.45) is 0 Å². The maximum Gasteiger partial charge on any atom is 0.224 e. The molecule has 1 amide bonds. The second-order valence-corrected chi connectivity index (χ2v) is 3.94. The highest BCUT2D eigenvalue weighted by atomic mass is 16.7. The number of nitrogens with one attached hydrogen (secondary N) is 1. The van der Waals surface area contributed by atoms with Gasteiger partial charge < -0.3 is 15.9 Å². The van der Waals surface area contributed by atoms with Crippen molar-refractivity contribution in [1.82, 2.24) is 5.06 Å². The van der Waals surface area contributed by atoms with Gasteiger partial charge in [0.25, 0.3) is 0 Å². The first-order valence-electron chi connectivity index (χ1n) is 6.10. The quantitative estimate of drug-likeness (QED) is 0.573. The Morgan fingerprint density at radius 3 is 2.78 bits per heavy atom. The van der Waals surface area contributed by atoms with Gasteiger partial charge in [-0.2, -0.15) is 5.06 Å². The van der Waals surface area contributed by atoms with Crippen molar-refractivity contribution in [2.75, 3.05) is 31.2 Å². The van der Waals surface area contributed by atoms with Crippen LogP contribution < -0.4 is 11.1 Å². The van der Waals surface area contributed by atoms with Crippen LogP contribution >= 0.6 is 0 Å². The van der Waals surface area contributed by atoms with E-state index in [0.29, 0.717) is 17.8 Å². The van der Waals surface area contributed by atoms with Crippen LogP contribution in [-0.4, -0.2) is 31.2 Å². The number of nitrogen functional groups attached to an aromatic ring is 1. The average molecular weight is 251 g/mol. The Morgan fingerprint density at radius 1 is 1.44 bits per heavy atom. The number of anilines is 2. The largest absolute Gasteiger partial charge is 0.397 e. The first-order chi connectivity index (χ1) is 8.67. The summed E-state index contributed by atoms with van der Waals surface area (Å²) >= 11 is 0. The summed E-state index contributed by atoms with van der Waals surface area (Å²) in [5.41, 5.74) is 7.00. The molecule has 100 valence electrons. The maximum absolute atomic E-state index is 11.7. The molecule has 0 bridgehead atoms. The molecular formula is C13H21N3O2. The van der Waals surface area contributed by atoms with E-state index in [1.807, 2.05) is 24.1 Å². The van der Waals surface area contributed by atoms with Gasteiger partial charge in [-0.25, -0.2) is 0 Å². The molecule has 0 aliphatic heterocycles. The van der Waals surface area contributed by atoms with Gasteiger partial charge in [0.1, 0.15) is 0 Å². The van der Waals surface area contributed by atoms with Gasteiger partial charge >= 0.3 is 0 Å². The summed E-state index contributed by atoms with van der Waals surface area (Å²) in [6.07, 6.45) is 1.20. The zero-order valence-corrected chi connectivity index (χ0v) is 11.0. The van der Waals surface area contributed by atoms with Gasteiger partial charge in [-0.1, -0.05) is 19.1 Å². The molecule has 5 nitrogen and oxygen atoms in total. The first kappa shape index (κ1) is 14.5. The molecular weight excluding hydrogens is 230 g/mol. The summed E-state index contributed by atoms with van der Waals surface area (Å²) in [6.45, 7) is 3.56. The molecule has 1 aromatic rings. The number of hydrogen-bond acceptors (Lipinski definition) is 4. The number of rotatable bonds is 7. The van der Waals surface area contributed by atoms with Gasteiger partial charge in [0.15, 0.2) is 0 Å². The molecule has 0 saturated carbocycles. The van der Waals surface area contributed by atoms with E-state index in [2.05, 4.69) is 5.32 Å². The van der Waals surface area contributed by atoms with Gasteiger partial charge in [-0.05, 0) is 18.6 Å². The Hall–Kier alpha value is -1.59. The Labute approximate surface area is 108 Å². The van der Waals surface area contributed by atoms with E-state index in [0.717, 1.165) is 19.5 Å². The Kier molecular flexibility index (Phi) is 6.18. The van der Waals surface area contributed by atoms with E-state index in [1.165, 1.54) is 0 Å². The number of carbonyl (C=O) groups is 1. The summed E-state index contributed by atoms with van der Waals surface area (Å²) in [5.74, 6) is -0.0277. The van der Waals surface area contributed by atoms with Crippen LogP contribution in [-0.2, 0) is 9.63 Å². The van der Waals surface area contributed by atoms with E-state index >= 15 is 0 Å². The molecule has 0 aromatic heterocycles. The highest BCUT2D eigenvalue weighted by Crippen LogP contribution is 2.16. The van der Waals surface area contributed by atoms with Crippen LogP contribution in [0.25, 0.3) is 0 Å². The van der Waals surface area contributed by atoms with Crippen molar-refractivity contribution in [3.8, 4) is 0 Å². The van der Waals surface area contributed by atoms with Crippen molar-refractivity contribution in [3.63, 3.8) is 0 Å². The van der Waals surface area contributed by atoms with Crippen LogP contribution in [0.5, 0.6) is 0 Å². The highest BCUT2D eigenvalue weighted by Gasteiger charge is 2.06. The van der Waals surface area contributed by atoms with E-state index in [-0.39, 0.29) is 5.91 Å². The predicted molar refractivity (Wildman–Crippen MR) is 73.0 cm³/mol. The minimum atomic E-state index is -0.0277. The topological polar surface area (TPSA) is 67.6 Å². The fraction of sp³-hybridized carbons (Fsp3) is 0.462. The lowest BCUT2D eigenvalue weighted by Crippen LogP contribution is -2.24. The van der Waals surface area contributed by atoms with Gasteiger partial charge in [0.2, 0.25) is 5.91 Å². The maximum atomic E-state index is 11.7. The van der Waals surface area contributed by atoms with Crippen molar-refractivity contribution in [3.05, 3.63) is 24.3 Å². The molecule has 0 fully saturated rings. The Bertz CT molecular complexity index is 378. The van der Waals surface area contributed by atoms with Crippen molar-refractivity contribution in [2.45, 2.75) is 19.8 Å². The lowest BCUT2D eigenvalue weighted by Gasteiger charge is -2.16. The number of hydrogen-bond donors (Lipinski definition) is 2. The molecule has 1 rings (SSSR count). The molecule has 0 unspecified atom stereocenters. The normalized spacial score (nSPS) is 10.6. The third-order valence-corrected chi connectivity index (χ3v) is 2.66. The number of amides is 1. The van der Waals surface area contributed by atoms with Gasteiger partial charge in [0, 0.05) is 19.5 Å². The molecule has 0 aliphatic carbocycles. The summed E-state index contributed by atoms with van der Waals surface area (Å²) in [4.78, 5) is 16.8. The third kappa shape index (κ3) is 4.73. The molecule has 18 heavy (non-hydrogen) atoms. The Morgan fingerprint density at radius 2 is 2.17 bits per heavy atom. The van der Waals surface area contributed by atoms with Crippen LogP contribution in [0.2, 0.25) is 0 Å². The van der Waals surface area contributed by atoms with E-state index < -0.39 is 0 Å². The third-order valence-electron chi connectivity index (χ3n) is 2.66. The molecule has 0 aliphatic rings. The second kappa shape index (κ2) is 7.68. The number of nitrogens with zero attached hydrogens (tertiary/aromatic N) is 1. The van der Waals surface area contributed by atoms with Crippen LogP contribution in [0.4, 0.5) is 11.4 Å². The van der Waals surface area contributed by atoms with E-state index in [9.17, 15) is 4.79 Å². The minimum absolute atomic E-state index is 0.0277. The number of para-hydroxylation sites is 2. The van der Waals surface area contributed by atoms with Crippen LogP contribution in [0.3, 0.4) is 0 Å². The number of carbonyl (C=O) groups excluding carboxylic acids is 1. The summed E-state index contributed by atoms with van der Waals surface area (Å²) < 4.78 is 0. The second-order valence-electron chi connectivity index (χ2n) is 3.94. The van der Waals surface area contributed by atoms with E-state index in [1.54, 1.807) is 19.2 Å². The molecule has 0 spiro atoms. The van der Waals surface area contributed by atoms with Crippen LogP contribution in [0.1, 0.15) is 19.8 Å². The van der Waals surface area contributed by atoms with E-state index in [4.69, 9.17) is 10.6 Å². The number of nitrogens with two attached hydrogens (primary N) is 1. The zero-order chi connectivity index (χ0) is 13.4. The highest BCUT2D eigenvalue weighted by molar-refractivity contribution is 5.93. The zero-order valence-electron chi connectivity index (χ0n) is 11.0. The molecule has 0 saturated heterocycles. The minimum Gasteiger partial charge on any atom is -0.397 e. The number of hydroxylamine groups is 2. The standard InChI is InChI=1S/C13H21N3O2/c1-3-16(18-2)10-6-9-13(17)15-12-8-5-4-7-11(12)14/h4-5,7-8H,3,6,9-10,14H2,1-2H3,(H,15,17). The fourth-order valence-electron chi connectivity index (χ4n) is 1.62. The van der Waals surface area contributed by atoms with Crippen LogP contribution in [0.15, 0.2) is 24.3 Å². The average Bonchev–Trinajstić information content (AvgIpc) is 2.37. The smallest absolute Gasteiger partial charge is 0.224 e. The first-order valence-corrected chi connectivity index (χ1v) is 6.10. The molecule has 1 aromatic carbocycles. The van der Waals surface area contributed by atoms with Gasteiger partial charge in [-0.3, -0.25) is 4.79 Å². The van der Waals surface area contributed by atoms with Gasteiger partial charge in [-0.15, -0.1) is 0 Å². The summed E-state index contributed by atoms with van der Waals surface area (Å²) in [7, 11) is 1.63. The van der Waals surface area contributed by atoms with Crippen LogP contribution in [0, 0.1) is 0 Å². The fourth-order valence-corrected chi connectivity index (χ4v) is 1.62. The summed E-state index contributed by atoms with van der Waals surface area (Å²) in [5, 5.41) is 4.61.